The second-order valence-corrected chi connectivity index (χ2v) is 5.89. The number of carbonyl (C=O) groups is 1. The summed E-state index contributed by atoms with van der Waals surface area (Å²) in [5.74, 6) is 0.475. The average molecular weight is 360 g/mol. The van der Waals surface area contributed by atoms with Crippen LogP contribution >= 0.6 is 0 Å². The Labute approximate surface area is 154 Å². The maximum absolute atomic E-state index is 12.1. The molecule has 4 aromatic rings. The second-order valence-electron chi connectivity index (χ2n) is 5.89. The summed E-state index contributed by atoms with van der Waals surface area (Å²) >= 11 is 0. The number of rotatable bonds is 5. The zero-order chi connectivity index (χ0) is 18.6. The van der Waals surface area contributed by atoms with Crippen molar-refractivity contribution >= 4 is 23.1 Å². The number of aromatic nitrogens is 2. The summed E-state index contributed by atoms with van der Waals surface area (Å²) in [6, 6.07) is 17.5. The molecule has 0 atom stereocenters. The molecule has 3 heterocycles. The van der Waals surface area contributed by atoms with Crippen molar-refractivity contribution in [2.45, 2.75) is 6.54 Å². The SMILES string of the molecule is O=C(Nc1ccc(CNc2cc(=O)n3ccccc3n2)cc1)c1ccco1. The van der Waals surface area contributed by atoms with E-state index in [0.717, 1.165) is 5.56 Å². The number of anilines is 2. The molecule has 4 rings (SSSR count). The summed E-state index contributed by atoms with van der Waals surface area (Å²) in [7, 11) is 0. The number of hydrogen-bond donors (Lipinski definition) is 2. The zero-order valence-electron chi connectivity index (χ0n) is 14.3. The van der Waals surface area contributed by atoms with E-state index in [9.17, 15) is 9.59 Å². The standard InChI is InChI=1S/C20H16N4O3/c25-19-12-17(23-18-5-1-2-10-24(18)19)21-13-14-6-8-15(9-7-14)22-20(26)16-4-3-11-27-16/h1-12,21H,13H2,(H,22,26). The third kappa shape index (κ3) is 3.72. The first-order chi connectivity index (χ1) is 13.2. The van der Waals surface area contributed by atoms with Crippen LogP contribution in [0.5, 0.6) is 0 Å². The van der Waals surface area contributed by atoms with E-state index in [-0.39, 0.29) is 17.2 Å². The van der Waals surface area contributed by atoms with Gasteiger partial charge in [0.05, 0.1) is 6.26 Å². The van der Waals surface area contributed by atoms with Crippen molar-refractivity contribution in [2.24, 2.45) is 0 Å². The summed E-state index contributed by atoms with van der Waals surface area (Å²) in [6.07, 6.45) is 3.14. The Balaban J connectivity index is 1.42. The van der Waals surface area contributed by atoms with E-state index < -0.39 is 0 Å². The second kappa shape index (κ2) is 7.17. The van der Waals surface area contributed by atoms with Gasteiger partial charge < -0.3 is 15.1 Å². The molecule has 0 aliphatic carbocycles. The molecule has 0 spiro atoms. The van der Waals surface area contributed by atoms with Crippen LogP contribution in [0.25, 0.3) is 5.65 Å². The Hall–Kier alpha value is -3.87. The highest BCUT2D eigenvalue weighted by atomic mass is 16.3. The molecular formula is C20H16N4O3. The molecule has 1 aromatic carbocycles. The van der Waals surface area contributed by atoms with Crippen LogP contribution in [-0.4, -0.2) is 15.3 Å². The van der Waals surface area contributed by atoms with Crippen molar-refractivity contribution in [3.05, 3.63) is 94.8 Å². The highest BCUT2D eigenvalue weighted by molar-refractivity contribution is 6.02. The van der Waals surface area contributed by atoms with E-state index in [1.807, 2.05) is 18.2 Å². The van der Waals surface area contributed by atoms with Gasteiger partial charge in [-0.05, 0) is 42.0 Å². The summed E-state index contributed by atoms with van der Waals surface area (Å²) < 4.78 is 6.55. The molecule has 0 unspecified atom stereocenters. The molecule has 0 saturated heterocycles. The smallest absolute Gasteiger partial charge is 0.291 e. The zero-order valence-corrected chi connectivity index (χ0v) is 14.3. The number of benzene rings is 1. The topological polar surface area (TPSA) is 88.6 Å². The van der Waals surface area contributed by atoms with E-state index in [1.54, 1.807) is 42.6 Å². The van der Waals surface area contributed by atoms with E-state index >= 15 is 0 Å². The lowest BCUT2D eigenvalue weighted by Crippen LogP contribution is -2.15. The molecule has 1 amide bonds. The monoisotopic (exact) mass is 360 g/mol. The normalized spacial score (nSPS) is 10.7. The average Bonchev–Trinajstić information content (AvgIpc) is 3.23. The van der Waals surface area contributed by atoms with Gasteiger partial charge in [0.1, 0.15) is 11.5 Å². The Kier molecular flexibility index (Phi) is 4.40. The van der Waals surface area contributed by atoms with Gasteiger partial charge in [-0.2, -0.15) is 0 Å². The molecule has 0 aliphatic rings. The van der Waals surface area contributed by atoms with Gasteiger partial charge in [0.15, 0.2) is 5.76 Å². The molecule has 0 radical (unpaired) electrons. The Bertz CT molecular complexity index is 1130. The third-order valence-electron chi connectivity index (χ3n) is 4.00. The first-order valence-electron chi connectivity index (χ1n) is 8.35. The third-order valence-corrected chi connectivity index (χ3v) is 4.00. The Morgan fingerprint density at radius 3 is 2.70 bits per heavy atom. The van der Waals surface area contributed by atoms with Crippen molar-refractivity contribution in [1.29, 1.82) is 0 Å². The van der Waals surface area contributed by atoms with Gasteiger partial charge in [0.25, 0.3) is 11.5 Å². The van der Waals surface area contributed by atoms with Crippen molar-refractivity contribution in [2.75, 3.05) is 10.6 Å². The van der Waals surface area contributed by atoms with Gasteiger partial charge in [-0.15, -0.1) is 0 Å². The van der Waals surface area contributed by atoms with E-state index in [4.69, 9.17) is 4.42 Å². The van der Waals surface area contributed by atoms with Crippen LogP contribution < -0.4 is 16.2 Å². The van der Waals surface area contributed by atoms with Gasteiger partial charge in [0, 0.05) is 24.5 Å². The molecule has 7 heteroatoms. The highest BCUT2D eigenvalue weighted by Crippen LogP contribution is 2.13. The minimum absolute atomic E-state index is 0.140. The fourth-order valence-electron chi connectivity index (χ4n) is 2.64. The minimum atomic E-state index is -0.299. The number of fused-ring (bicyclic) bond motifs is 1. The van der Waals surface area contributed by atoms with Gasteiger partial charge in [-0.1, -0.05) is 18.2 Å². The Morgan fingerprint density at radius 2 is 1.93 bits per heavy atom. The van der Waals surface area contributed by atoms with Crippen LogP contribution in [0.1, 0.15) is 16.1 Å². The van der Waals surface area contributed by atoms with E-state index in [2.05, 4.69) is 15.6 Å². The van der Waals surface area contributed by atoms with Gasteiger partial charge >= 0.3 is 0 Å². The predicted molar refractivity (Wildman–Crippen MR) is 102 cm³/mol. The van der Waals surface area contributed by atoms with E-state index in [1.165, 1.54) is 16.7 Å². The number of nitrogens with one attached hydrogen (secondary N) is 2. The summed E-state index contributed by atoms with van der Waals surface area (Å²) in [6.45, 7) is 0.502. The lowest BCUT2D eigenvalue weighted by molar-refractivity contribution is 0.0996. The fourth-order valence-corrected chi connectivity index (χ4v) is 2.64. The van der Waals surface area contributed by atoms with Crippen LogP contribution in [0, 0.1) is 0 Å². The number of carbonyl (C=O) groups excluding carboxylic acids is 1. The summed E-state index contributed by atoms with van der Waals surface area (Å²) in [5, 5.41) is 5.91. The van der Waals surface area contributed by atoms with Gasteiger partial charge in [-0.3, -0.25) is 14.0 Å². The first kappa shape index (κ1) is 16.6. The maximum atomic E-state index is 12.1. The lowest BCUT2D eigenvalue weighted by Gasteiger charge is -2.08. The van der Waals surface area contributed by atoms with Crippen LogP contribution in [0.3, 0.4) is 0 Å². The minimum Gasteiger partial charge on any atom is -0.459 e. The van der Waals surface area contributed by atoms with Crippen molar-refractivity contribution in [1.82, 2.24) is 9.38 Å². The lowest BCUT2D eigenvalue weighted by atomic mass is 10.2. The van der Waals surface area contributed by atoms with E-state index in [0.29, 0.717) is 23.7 Å². The molecule has 134 valence electrons. The molecule has 0 fully saturated rings. The van der Waals surface area contributed by atoms with Gasteiger partial charge in [0.2, 0.25) is 0 Å². The van der Waals surface area contributed by atoms with Crippen molar-refractivity contribution in [3.8, 4) is 0 Å². The summed E-state index contributed by atoms with van der Waals surface area (Å²) in [4.78, 5) is 28.5. The molecule has 0 saturated carbocycles. The quantitative estimate of drug-likeness (QED) is 0.571. The van der Waals surface area contributed by atoms with Crippen LogP contribution in [-0.2, 0) is 6.54 Å². The molecular weight excluding hydrogens is 344 g/mol. The molecule has 0 bridgehead atoms. The number of pyridine rings is 1. The van der Waals surface area contributed by atoms with Crippen LogP contribution in [0.2, 0.25) is 0 Å². The largest absolute Gasteiger partial charge is 0.459 e. The number of furan rings is 1. The summed E-state index contributed by atoms with van der Waals surface area (Å²) in [5.41, 5.74) is 2.10. The number of amides is 1. The van der Waals surface area contributed by atoms with Crippen molar-refractivity contribution in [3.63, 3.8) is 0 Å². The molecule has 0 aliphatic heterocycles. The predicted octanol–water partition coefficient (Wildman–Crippen LogP) is 3.15. The number of nitrogens with zero attached hydrogens (tertiary/aromatic N) is 2. The highest BCUT2D eigenvalue weighted by Gasteiger charge is 2.08. The van der Waals surface area contributed by atoms with Crippen molar-refractivity contribution < 1.29 is 9.21 Å². The molecule has 3 aromatic heterocycles. The van der Waals surface area contributed by atoms with Crippen LogP contribution in [0.4, 0.5) is 11.5 Å². The first-order valence-corrected chi connectivity index (χ1v) is 8.35. The molecule has 7 nitrogen and oxygen atoms in total. The van der Waals surface area contributed by atoms with Crippen LogP contribution in [0.15, 0.2) is 82.3 Å². The maximum Gasteiger partial charge on any atom is 0.291 e. The number of hydrogen-bond acceptors (Lipinski definition) is 5. The van der Waals surface area contributed by atoms with Gasteiger partial charge in [-0.25, -0.2) is 4.98 Å². The molecule has 27 heavy (non-hydrogen) atoms. The Morgan fingerprint density at radius 1 is 1.07 bits per heavy atom. The fraction of sp³-hybridized carbons (Fsp3) is 0.0500. The molecule has 2 N–H and O–H groups in total.